The molecule has 82 valence electrons. The summed E-state index contributed by atoms with van der Waals surface area (Å²) in [6.07, 6.45) is 1.71. The first kappa shape index (κ1) is 11.5. The zero-order valence-corrected chi connectivity index (χ0v) is 9.50. The lowest BCUT2D eigenvalue weighted by Crippen LogP contribution is -2.20. The molecule has 1 aliphatic rings. The quantitative estimate of drug-likeness (QED) is 0.504. The molecular formula is C11H20O3. The summed E-state index contributed by atoms with van der Waals surface area (Å²) in [5.74, 6) is 0.442. The molecule has 1 fully saturated rings. The standard InChI is InChI=1S/C11H20O3/c1-5-13-10(12)9-11(4,14-9)7-6-8(2)3/h8-9H,5-7H2,1-4H3. The minimum atomic E-state index is -0.318. The lowest BCUT2D eigenvalue weighted by Gasteiger charge is -2.08. The smallest absolute Gasteiger partial charge is 0.338 e. The van der Waals surface area contributed by atoms with Gasteiger partial charge in [0.15, 0.2) is 6.10 Å². The molecule has 0 aromatic heterocycles. The van der Waals surface area contributed by atoms with Crippen LogP contribution in [0.2, 0.25) is 0 Å². The van der Waals surface area contributed by atoms with Crippen LogP contribution in [0.3, 0.4) is 0 Å². The zero-order valence-electron chi connectivity index (χ0n) is 9.50. The van der Waals surface area contributed by atoms with Crippen molar-refractivity contribution < 1.29 is 14.3 Å². The van der Waals surface area contributed by atoms with Crippen molar-refractivity contribution >= 4 is 5.97 Å². The molecule has 0 saturated carbocycles. The van der Waals surface area contributed by atoms with Gasteiger partial charge in [-0.1, -0.05) is 13.8 Å². The van der Waals surface area contributed by atoms with E-state index in [0.29, 0.717) is 12.5 Å². The highest BCUT2D eigenvalue weighted by Crippen LogP contribution is 2.41. The van der Waals surface area contributed by atoms with Crippen LogP contribution in [0.5, 0.6) is 0 Å². The molecule has 1 saturated heterocycles. The molecule has 0 N–H and O–H groups in total. The molecule has 14 heavy (non-hydrogen) atoms. The van der Waals surface area contributed by atoms with E-state index in [4.69, 9.17) is 9.47 Å². The number of esters is 1. The number of ether oxygens (including phenoxy) is 2. The summed E-state index contributed by atoms with van der Waals surface area (Å²) in [5, 5.41) is 0. The van der Waals surface area contributed by atoms with Crippen LogP contribution in [-0.2, 0) is 14.3 Å². The predicted octanol–water partition coefficient (Wildman–Crippen LogP) is 2.14. The Morgan fingerprint density at radius 2 is 2.21 bits per heavy atom. The van der Waals surface area contributed by atoms with Crippen molar-refractivity contribution in [3.05, 3.63) is 0 Å². The number of hydrogen-bond acceptors (Lipinski definition) is 3. The molecule has 3 nitrogen and oxygen atoms in total. The Morgan fingerprint density at radius 3 is 2.71 bits per heavy atom. The second kappa shape index (κ2) is 4.30. The highest BCUT2D eigenvalue weighted by Gasteiger charge is 2.57. The van der Waals surface area contributed by atoms with Crippen LogP contribution in [0.25, 0.3) is 0 Å². The van der Waals surface area contributed by atoms with Crippen LogP contribution in [0.15, 0.2) is 0 Å². The normalized spacial score (nSPS) is 30.5. The first-order chi connectivity index (χ1) is 6.49. The van der Waals surface area contributed by atoms with Crippen molar-refractivity contribution in [1.29, 1.82) is 0 Å². The van der Waals surface area contributed by atoms with E-state index in [1.165, 1.54) is 0 Å². The van der Waals surface area contributed by atoms with Crippen LogP contribution < -0.4 is 0 Å². The highest BCUT2D eigenvalue weighted by atomic mass is 16.7. The molecule has 0 aromatic carbocycles. The number of carbonyl (C=O) groups is 1. The lowest BCUT2D eigenvalue weighted by molar-refractivity contribution is -0.144. The van der Waals surface area contributed by atoms with E-state index in [2.05, 4.69) is 13.8 Å². The zero-order chi connectivity index (χ0) is 10.8. The SMILES string of the molecule is CCOC(=O)C1OC1(C)CCC(C)C. The maximum absolute atomic E-state index is 11.3. The van der Waals surface area contributed by atoms with Crippen LogP contribution in [0.4, 0.5) is 0 Å². The molecule has 3 heteroatoms. The van der Waals surface area contributed by atoms with Crippen LogP contribution in [-0.4, -0.2) is 24.3 Å². The minimum Gasteiger partial charge on any atom is -0.464 e. The van der Waals surface area contributed by atoms with Gasteiger partial charge in [0.05, 0.1) is 6.61 Å². The maximum atomic E-state index is 11.3. The Labute approximate surface area is 85.8 Å². The van der Waals surface area contributed by atoms with Crippen molar-refractivity contribution in [3.63, 3.8) is 0 Å². The first-order valence-corrected chi connectivity index (χ1v) is 5.34. The predicted molar refractivity (Wildman–Crippen MR) is 54.0 cm³/mol. The second-order valence-electron chi connectivity index (χ2n) is 4.50. The molecule has 0 bridgehead atoms. The third kappa shape index (κ3) is 2.71. The van der Waals surface area contributed by atoms with Crippen LogP contribution >= 0.6 is 0 Å². The topological polar surface area (TPSA) is 38.8 Å². The van der Waals surface area contributed by atoms with Crippen molar-refractivity contribution in [2.75, 3.05) is 6.61 Å². The molecule has 1 aliphatic heterocycles. The minimum absolute atomic E-state index is 0.209. The van der Waals surface area contributed by atoms with Gasteiger partial charge in [-0.2, -0.15) is 0 Å². The second-order valence-corrected chi connectivity index (χ2v) is 4.50. The van der Waals surface area contributed by atoms with Gasteiger partial charge in [0.25, 0.3) is 0 Å². The van der Waals surface area contributed by atoms with Crippen molar-refractivity contribution in [2.24, 2.45) is 5.92 Å². The van der Waals surface area contributed by atoms with Gasteiger partial charge in [0.2, 0.25) is 0 Å². The van der Waals surface area contributed by atoms with E-state index in [1.807, 2.05) is 13.8 Å². The van der Waals surface area contributed by atoms with E-state index in [0.717, 1.165) is 12.8 Å². The molecule has 1 rings (SSSR count). The van der Waals surface area contributed by atoms with E-state index in [9.17, 15) is 4.79 Å². The summed E-state index contributed by atoms with van der Waals surface area (Å²) in [7, 11) is 0. The summed E-state index contributed by atoms with van der Waals surface area (Å²) in [6.45, 7) is 8.57. The monoisotopic (exact) mass is 200 g/mol. The van der Waals surface area contributed by atoms with Gasteiger partial charge in [0, 0.05) is 0 Å². The molecule has 0 amide bonds. The van der Waals surface area contributed by atoms with Gasteiger partial charge in [0.1, 0.15) is 5.60 Å². The Balaban J connectivity index is 2.31. The molecule has 2 unspecified atom stereocenters. The van der Waals surface area contributed by atoms with Crippen molar-refractivity contribution in [3.8, 4) is 0 Å². The molecule has 0 aliphatic carbocycles. The van der Waals surface area contributed by atoms with Crippen LogP contribution in [0, 0.1) is 5.92 Å². The molecule has 0 radical (unpaired) electrons. The summed E-state index contributed by atoms with van der Waals surface area (Å²) < 4.78 is 10.3. The number of epoxide rings is 1. The van der Waals surface area contributed by atoms with E-state index < -0.39 is 0 Å². The average Bonchev–Trinajstić information content (AvgIpc) is 2.76. The Morgan fingerprint density at radius 1 is 1.57 bits per heavy atom. The van der Waals surface area contributed by atoms with E-state index >= 15 is 0 Å². The average molecular weight is 200 g/mol. The summed E-state index contributed by atoms with van der Waals surface area (Å²) >= 11 is 0. The van der Waals surface area contributed by atoms with Gasteiger partial charge in [-0.15, -0.1) is 0 Å². The van der Waals surface area contributed by atoms with Crippen molar-refractivity contribution in [1.82, 2.24) is 0 Å². The number of hydrogen-bond donors (Lipinski definition) is 0. The maximum Gasteiger partial charge on any atom is 0.338 e. The summed E-state index contributed by atoms with van der Waals surface area (Å²) in [6, 6.07) is 0. The number of carbonyl (C=O) groups excluding carboxylic acids is 1. The Hall–Kier alpha value is -0.570. The van der Waals surface area contributed by atoms with Gasteiger partial charge >= 0.3 is 5.97 Å². The highest BCUT2D eigenvalue weighted by molar-refractivity contribution is 5.79. The fraction of sp³-hybridized carbons (Fsp3) is 0.909. The summed E-state index contributed by atoms with van der Waals surface area (Å²) in [4.78, 5) is 11.3. The summed E-state index contributed by atoms with van der Waals surface area (Å²) in [5.41, 5.74) is -0.253. The van der Waals surface area contributed by atoms with Crippen LogP contribution in [0.1, 0.15) is 40.5 Å². The van der Waals surface area contributed by atoms with Gasteiger partial charge in [-0.3, -0.25) is 0 Å². The Bertz CT molecular complexity index is 213. The van der Waals surface area contributed by atoms with E-state index in [1.54, 1.807) is 0 Å². The van der Waals surface area contributed by atoms with Gasteiger partial charge < -0.3 is 9.47 Å². The fourth-order valence-electron chi connectivity index (χ4n) is 1.52. The van der Waals surface area contributed by atoms with Gasteiger partial charge in [-0.25, -0.2) is 4.79 Å². The Kier molecular flexibility index (Phi) is 3.53. The van der Waals surface area contributed by atoms with Gasteiger partial charge in [-0.05, 0) is 32.6 Å². The molecule has 0 spiro atoms. The molecule has 2 atom stereocenters. The third-order valence-corrected chi connectivity index (χ3v) is 2.60. The molecular weight excluding hydrogens is 180 g/mol. The van der Waals surface area contributed by atoms with Crippen molar-refractivity contribution in [2.45, 2.75) is 52.2 Å². The third-order valence-electron chi connectivity index (χ3n) is 2.60. The fourth-order valence-corrected chi connectivity index (χ4v) is 1.52. The molecule has 0 aromatic rings. The lowest BCUT2D eigenvalue weighted by atomic mass is 9.96. The largest absolute Gasteiger partial charge is 0.464 e. The number of rotatable bonds is 5. The molecule has 1 heterocycles. The van der Waals surface area contributed by atoms with E-state index in [-0.39, 0.29) is 17.7 Å². The first-order valence-electron chi connectivity index (χ1n) is 5.34.